The van der Waals surface area contributed by atoms with E-state index in [1.807, 2.05) is 29.2 Å². The third-order valence-corrected chi connectivity index (χ3v) is 5.62. The molecule has 1 aliphatic heterocycles. The molecular weight excluding hydrogens is 362 g/mol. The number of furan rings is 1. The first kappa shape index (κ1) is 19.2. The van der Waals surface area contributed by atoms with Gasteiger partial charge in [-0.05, 0) is 61.4 Å². The number of likely N-dealkylation sites (tertiary alicyclic amines) is 1. The number of nitrogens with one attached hydrogen (secondary N) is 1. The van der Waals surface area contributed by atoms with E-state index < -0.39 is 0 Å². The first-order valence-corrected chi connectivity index (χ1v) is 10.3. The van der Waals surface area contributed by atoms with Crippen LogP contribution in [0.15, 0.2) is 71.5 Å². The molecule has 2 aromatic heterocycles. The van der Waals surface area contributed by atoms with Gasteiger partial charge in [0, 0.05) is 19.3 Å². The van der Waals surface area contributed by atoms with Crippen LogP contribution in [-0.4, -0.2) is 28.9 Å². The van der Waals surface area contributed by atoms with Crippen LogP contribution in [0.4, 0.5) is 5.82 Å². The highest BCUT2D eigenvalue weighted by molar-refractivity contribution is 5.94. The quantitative estimate of drug-likeness (QED) is 0.632. The smallest absolute Gasteiger partial charge is 0.255 e. The molecule has 3 heterocycles. The van der Waals surface area contributed by atoms with Crippen molar-refractivity contribution in [2.75, 3.05) is 18.4 Å². The van der Waals surface area contributed by atoms with Crippen LogP contribution < -0.4 is 5.32 Å². The van der Waals surface area contributed by atoms with Crippen molar-refractivity contribution in [2.45, 2.75) is 32.2 Å². The molecule has 1 aromatic carbocycles. The van der Waals surface area contributed by atoms with Crippen molar-refractivity contribution in [3.63, 3.8) is 0 Å². The molecule has 3 aromatic rings. The molecule has 1 fully saturated rings. The fourth-order valence-electron chi connectivity index (χ4n) is 3.84. The number of aromatic nitrogens is 1. The van der Waals surface area contributed by atoms with Gasteiger partial charge in [-0.2, -0.15) is 0 Å². The van der Waals surface area contributed by atoms with Crippen LogP contribution in [0.2, 0.25) is 0 Å². The zero-order valence-corrected chi connectivity index (χ0v) is 16.6. The molecule has 5 nitrogen and oxygen atoms in total. The van der Waals surface area contributed by atoms with Gasteiger partial charge in [0.15, 0.2) is 0 Å². The lowest BCUT2D eigenvalue weighted by Gasteiger charge is -2.32. The van der Waals surface area contributed by atoms with E-state index in [0.717, 1.165) is 43.9 Å². The Balaban J connectivity index is 1.23. The van der Waals surface area contributed by atoms with Gasteiger partial charge in [0.1, 0.15) is 11.6 Å². The zero-order chi connectivity index (χ0) is 19.9. The van der Waals surface area contributed by atoms with Crippen LogP contribution in [0.5, 0.6) is 0 Å². The van der Waals surface area contributed by atoms with Gasteiger partial charge in [0.2, 0.25) is 0 Å². The van der Waals surface area contributed by atoms with E-state index >= 15 is 0 Å². The molecule has 150 valence electrons. The van der Waals surface area contributed by atoms with E-state index in [4.69, 9.17) is 4.42 Å². The Morgan fingerprint density at radius 1 is 1.07 bits per heavy atom. The van der Waals surface area contributed by atoms with Crippen molar-refractivity contribution in [2.24, 2.45) is 5.92 Å². The van der Waals surface area contributed by atoms with Gasteiger partial charge in [0.05, 0.1) is 18.4 Å². The van der Waals surface area contributed by atoms with E-state index in [-0.39, 0.29) is 5.91 Å². The summed E-state index contributed by atoms with van der Waals surface area (Å²) < 4.78 is 5.30. The second-order valence-corrected chi connectivity index (χ2v) is 7.62. The summed E-state index contributed by atoms with van der Waals surface area (Å²) in [6.45, 7) is 2.23. The fourth-order valence-corrected chi connectivity index (χ4v) is 3.84. The fraction of sp³-hybridized carbons (Fsp3) is 0.333. The summed E-state index contributed by atoms with van der Waals surface area (Å²) in [5.41, 5.74) is 2.05. The standard InChI is InChI=1S/C24H27N3O2/c28-24(21-10-11-23(25-17-21)26-18-22-7-4-16-29-22)27-14-12-20(13-15-27)9-8-19-5-2-1-3-6-19/h1-7,10-11,16-17,20H,8-9,12-15,18H2,(H,25,26). The highest BCUT2D eigenvalue weighted by Gasteiger charge is 2.23. The summed E-state index contributed by atoms with van der Waals surface area (Å²) in [4.78, 5) is 19.1. The van der Waals surface area contributed by atoms with Gasteiger partial charge in [-0.3, -0.25) is 4.79 Å². The molecule has 0 saturated carbocycles. The van der Waals surface area contributed by atoms with Gasteiger partial charge in [-0.25, -0.2) is 4.98 Å². The van der Waals surface area contributed by atoms with Crippen LogP contribution in [0.3, 0.4) is 0 Å². The number of hydrogen-bond donors (Lipinski definition) is 1. The molecule has 0 unspecified atom stereocenters. The number of carbonyl (C=O) groups is 1. The SMILES string of the molecule is O=C(c1ccc(NCc2ccco2)nc1)N1CCC(CCc2ccccc2)CC1. The van der Waals surface area contributed by atoms with E-state index in [1.165, 1.54) is 12.0 Å². The molecule has 0 atom stereocenters. The number of hydrogen-bond acceptors (Lipinski definition) is 4. The number of piperidine rings is 1. The Kier molecular flexibility index (Phi) is 6.25. The van der Waals surface area contributed by atoms with Gasteiger partial charge < -0.3 is 14.6 Å². The highest BCUT2D eigenvalue weighted by atomic mass is 16.3. The molecule has 1 saturated heterocycles. The summed E-state index contributed by atoms with van der Waals surface area (Å²) in [5.74, 6) is 2.36. The molecule has 4 rings (SSSR count). The molecule has 0 radical (unpaired) electrons. The molecular formula is C24H27N3O2. The second-order valence-electron chi connectivity index (χ2n) is 7.62. The highest BCUT2D eigenvalue weighted by Crippen LogP contribution is 2.23. The molecule has 29 heavy (non-hydrogen) atoms. The van der Waals surface area contributed by atoms with Gasteiger partial charge in [-0.15, -0.1) is 0 Å². The molecule has 1 amide bonds. The zero-order valence-electron chi connectivity index (χ0n) is 16.6. The van der Waals surface area contributed by atoms with Crippen molar-refractivity contribution in [1.82, 2.24) is 9.88 Å². The largest absolute Gasteiger partial charge is 0.467 e. The van der Waals surface area contributed by atoms with Crippen molar-refractivity contribution in [1.29, 1.82) is 0 Å². The first-order chi connectivity index (χ1) is 14.3. The minimum atomic E-state index is 0.0802. The molecule has 1 N–H and O–H groups in total. The van der Waals surface area contributed by atoms with Crippen molar-refractivity contribution < 1.29 is 9.21 Å². The molecule has 0 bridgehead atoms. The Morgan fingerprint density at radius 3 is 2.59 bits per heavy atom. The molecule has 5 heteroatoms. The van der Waals surface area contributed by atoms with Crippen LogP contribution >= 0.6 is 0 Å². The van der Waals surface area contributed by atoms with E-state index in [0.29, 0.717) is 18.0 Å². The second kappa shape index (κ2) is 9.41. The number of carbonyl (C=O) groups excluding carboxylic acids is 1. The topological polar surface area (TPSA) is 58.4 Å². The summed E-state index contributed by atoms with van der Waals surface area (Å²) >= 11 is 0. The summed E-state index contributed by atoms with van der Waals surface area (Å²) in [7, 11) is 0. The average Bonchev–Trinajstić information content (AvgIpc) is 3.31. The summed E-state index contributed by atoms with van der Waals surface area (Å²) in [6, 6.07) is 18.1. The number of anilines is 1. The third kappa shape index (κ3) is 5.25. The minimum Gasteiger partial charge on any atom is -0.467 e. The normalized spacial score (nSPS) is 14.7. The van der Waals surface area contributed by atoms with Crippen LogP contribution in [-0.2, 0) is 13.0 Å². The Labute approximate surface area is 171 Å². The summed E-state index contributed by atoms with van der Waals surface area (Å²) in [5, 5.41) is 3.20. The lowest BCUT2D eigenvalue weighted by Crippen LogP contribution is -2.38. The monoisotopic (exact) mass is 389 g/mol. The summed E-state index contributed by atoms with van der Waals surface area (Å²) in [6.07, 6.45) is 7.79. The molecule has 1 aliphatic rings. The van der Waals surface area contributed by atoms with Gasteiger partial charge in [-0.1, -0.05) is 30.3 Å². The van der Waals surface area contributed by atoms with Gasteiger partial charge in [0.25, 0.3) is 5.91 Å². The predicted molar refractivity (Wildman–Crippen MR) is 114 cm³/mol. The molecule has 0 spiro atoms. The van der Waals surface area contributed by atoms with Crippen molar-refractivity contribution in [3.8, 4) is 0 Å². The van der Waals surface area contributed by atoms with Crippen LogP contribution in [0, 0.1) is 5.92 Å². The number of aryl methyl sites for hydroxylation is 1. The van der Waals surface area contributed by atoms with E-state index in [2.05, 4.69) is 40.6 Å². The Morgan fingerprint density at radius 2 is 1.90 bits per heavy atom. The van der Waals surface area contributed by atoms with Crippen LogP contribution in [0.1, 0.15) is 40.9 Å². The first-order valence-electron chi connectivity index (χ1n) is 10.3. The molecule has 0 aliphatic carbocycles. The average molecular weight is 389 g/mol. The minimum absolute atomic E-state index is 0.0802. The van der Waals surface area contributed by atoms with E-state index in [9.17, 15) is 4.79 Å². The number of nitrogens with zero attached hydrogens (tertiary/aromatic N) is 2. The van der Waals surface area contributed by atoms with Gasteiger partial charge >= 0.3 is 0 Å². The van der Waals surface area contributed by atoms with E-state index in [1.54, 1.807) is 12.5 Å². The predicted octanol–water partition coefficient (Wildman–Crippen LogP) is 4.77. The lowest BCUT2D eigenvalue weighted by atomic mass is 9.90. The number of amides is 1. The number of benzene rings is 1. The van der Waals surface area contributed by atoms with Crippen molar-refractivity contribution in [3.05, 3.63) is 83.9 Å². The third-order valence-electron chi connectivity index (χ3n) is 5.62. The lowest BCUT2D eigenvalue weighted by molar-refractivity contribution is 0.0686. The Bertz CT molecular complexity index is 884. The maximum Gasteiger partial charge on any atom is 0.255 e. The number of rotatable bonds is 7. The van der Waals surface area contributed by atoms with Crippen molar-refractivity contribution >= 4 is 11.7 Å². The Hall–Kier alpha value is -3.08. The number of pyridine rings is 1. The maximum absolute atomic E-state index is 12.8. The maximum atomic E-state index is 12.8. The van der Waals surface area contributed by atoms with Crippen LogP contribution in [0.25, 0.3) is 0 Å².